The van der Waals surface area contributed by atoms with Crippen molar-refractivity contribution in [2.45, 2.75) is 26.4 Å². The molecule has 11 nitrogen and oxygen atoms in total. The number of methoxy groups -OCH3 is 1. The van der Waals surface area contributed by atoms with Crippen LogP contribution in [0.15, 0.2) is 42.6 Å². The second-order valence-electron chi connectivity index (χ2n) is 11.9. The monoisotopic (exact) mass is 662 g/mol. The van der Waals surface area contributed by atoms with Gasteiger partial charge in [0, 0.05) is 99.7 Å². The lowest BCUT2D eigenvalue weighted by atomic mass is 9.99. The van der Waals surface area contributed by atoms with E-state index >= 15 is 0 Å². The first kappa shape index (κ1) is 31.9. The number of imidazole rings is 1. The van der Waals surface area contributed by atoms with Gasteiger partial charge in [0.25, 0.3) is 5.91 Å². The molecule has 1 fully saturated rings. The Morgan fingerprint density at radius 3 is 2.48 bits per heavy atom. The van der Waals surface area contributed by atoms with Crippen molar-refractivity contribution >= 4 is 40.7 Å². The van der Waals surface area contributed by atoms with Crippen molar-refractivity contribution in [3.63, 3.8) is 0 Å². The quantitative estimate of drug-likeness (QED) is 0.266. The fraction of sp³-hybridized carbons (Fsp3) is 0.364. The summed E-state index contributed by atoms with van der Waals surface area (Å²) in [5, 5.41) is 6.60. The number of nitrogens with one attached hydrogen (secondary N) is 2. The number of carbonyl (C=O) groups is 2. The minimum Gasteiger partial charge on any atom is -0.481 e. The van der Waals surface area contributed by atoms with Crippen LogP contribution in [0.3, 0.4) is 0 Å². The summed E-state index contributed by atoms with van der Waals surface area (Å²) in [6.07, 6.45) is 2.61. The molecule has 1 saturated heterocycles. The number of amides is 2. The standard InChI is InChI=1S/C33H36Cl2N8O3/c1-19(44)36-13-20-15-43(16-20)17-21-14-37-30(40-33(21)46-4)24-9-5-7-22(28(24)34)23-8-6-10-25(29(23)35)39-32(45)31-38-26-18-41(2)12-11-27(26)42(31)3/h5-10,14,20H,11-13,15-18H2,1-4H3,(H,36,44)(H,39,45). The molecule has 0 saturated carbocycles. The van der Waals surface area contributed by atoms with Gasteiger partial charge in [0.1, 0.15) is 0 Å². The maximum absolute atomic E-state index is 13.3. The third kappa shape index (κ3) is 6.46. The highest BCUT2D eigenvalue weighted by Gasteiger charge is 2.28. The van der Waals surface area contributed by atoms with E-state index in [4.69, 9.17) is 32.9 Å². The third-order valence-electron chi connectivity index (χ3n) is 8.51. The summed E-state index contributed by atoms with van der Waals surface area (Å²) in [6.45, 7) is 6.23. The van der Waals surface area contributed by atoms with Crippen LogP contribution >= 0.6 is 23.2 Å². The first-order valence-corrected chi connectivity index (χ1v) is 15.9. The fourth-order valence-electron chi connectivity index (χ4n) is 6.06. The maximum atomic E-state index is 13.3. The van der Waals surface area contributed by atoms with Gasteiger partial charge in [-0.15, -0.1) is 0 Å². The first-order chi connectivity index (χ1) is 22.1. The van der Waals surface area contributed by atoms with Gasteiger partial charge in [0.05, 0.1) is 28.5 Å². The summed E-state index contributed by atoms with van der Waals surface area (Å²) in [4.78, 5) is 42.9. The average molecular weight is 664 g/mol. The number of carbonyl (C=O) groups excluding carboxylic acids is 2. The molecule has 2 amide bonds. The Balaban J connectivity index is 1.21. The highest BCUT2D eigenvalue weighted by molar-refractivity contribution is 6.39. The number of aromatic nitrogens is 4. The van der Waals surface area contributed by atoms with Crippen molar-refractivity contribution in [3.05, 3.63) is 75.4 Å². The van der Waals surface area contributed by atoms with Crippen molar-refractivity contribution in [1.82, 2.24) is 34.6 Å². The molecule has 0 unspecified atom stereocenters. The van der Waals surface area contributed by atoms with E-state index in [9.17, 15) is 9.59 Å². The molecule has 13 heteroatoms. The molecule has 0 aliphatic carbocycles. The van der Waals surface area contributed by atoms with E-state index < -0.39 is 0 Å². The smallest absolute Gasteiger partial charge is 0.291 e. The lowest BCUT2D eigenvalue weighted by Gasteiger charge is -2.39. The van der Waals surface area contributed by atoms with Crippen LogP contribution in [0.4, 0.5) is 5.69 Å². The van der Waals surface area contributed by atoms with Gasteiger partial charge in [-0.25, -0.2) is 9.97 Å². The van der Waals surface area contributed by atoms with Gasteiger partial charge in [0.15, 0.2) is 11.6 Å². The van der Waals surface area contributed by atoms with Gasteiger partial charge in [-0.2, -0.15) is 4.98 Å². The molecule has 4 aromatic rings. The summed E-state index contributed by atoms with van der Waals surface area (Å²) in [7, 11) is 5.50. The van der Waals surface area contributed by atoms with Crippen LogP contribution in [0.25, 0.3) is 22.5 Å². The number of fused-ring (bicyclic) bond motifs is 1. The Bertz CT molecular complexity index is 1800. The van der Waals surface area contributed by atoms with Crippen LogP contribution in [0.5, 0.6) is 5.88 Å². The predicted molar refractivity (Wildman–Crippen MR) is 178 cm³/mol. The van der Waals surface area contributed by atoms with Crippen molar-refractivity contribution < 1.29 is 14.3 Å². The molecule has 0 radical (unpaired) electrons. The van der Waals surface area contributed by atoms with E-state index in [1.54, 1.807) is 19.4 Å². The van der Waals surface area contributed by atoms with Gasteiger partial charge in [-0.3, -0.25) is 14.5 Å². The number of halogens is 2. The lowest BCUT2D eigenvalue weighted by Crippen LogP contribution is -2.50. The zero-order valence-electron chi connectivity index (χ0n) is 26.2. The van der Waals surface area contributed by atoms with Crippen LogP contribution in [-0.2, 0) is 31.4 Å². The van der Waals surface area contributed by atoms with E-state index in [2.05, 4.69) is 30.4 Å². The number of likely N-dealkylation sites (tertiary alicyclic amines) is 1. The molecule has 46 heavy (non-hydrogen) atoms. The number of benzene rings is 2. The van der Waals surface area contributed by atoms with Crippen LogP contribution < -0.4 is 15.4 Å². The Morgan fingerprint density at radius 1 is 1.02 bits per heavy atom. The minimum atomic E-state index is -0.333. The Hall–Kier alpha value is -4.03. The number of hydrogen-bond acceptors (Lipinski definition) is 8. The Labute approximate surface area is 277 Å². The molecule has 0 bridgehead atoms. The number of anilines is 1. The topological polar surface area (TPSA) is 118 Å². The zero-order chi connectivity index (χ0) is 32.5. The average Bonchev–Trinajstić information content (AvgIpc) is 3.34. The molecule has 2 N–H and O–H groups in total. The highest BCUT2D eigenvalue weighted by Crippen LogP contribution is 2.41. The van der Waals surface area contributed by atoms with E-state index in [0.29, 0.717) is 75.5 Å². The number of ether oxygens (including phenoxy) is 1. The van der Waals surface area contributed by atoms with Gasteiger partial charge < -0.3 is 24.8 Å². The molecule has 6 rings (SSSR count). The third-order valence-corrected chi connectivity index (χ3v) is 9.33. The van der Waals surface area contributed by atoms with Crippen molar-refractivity contribution in [1.29, 1.82) is 0 Å². The molecular weight excluding hydrogens is 627 g/mol. The van der Waals surface area contributed by atoms with Crippen LogP contribution in [-0.4, -0.2) is 81.5 Å². The maximum Gasteiger partial charge on any atom is 0.291 e. The summed E-state index contributed by atoms with van der Waals surface area (Å²) < 4.78 is 7.50. The highest BCUT2D eigenvalue weighted by atomic mass is 35.5. The van der Waals surface area contributed by atoms with Crippen molar-refractivity contribution in [2.24, 2.45) is 13.0 Å². The van der Waals surface area contributed by atoms with E-state index in [-0.39, 0.29) is 11.8 Å². The molecule has 0 spiro atoms. The van der Waals surface area contributed by atoms with Gasteiger partial charge >= 0.3 is 0 Å². The van der Waals surface area contributed by atoms with Crippen LogP contribution in [0, 0.1) is 5.92 Å². The SMILES string of the molecule is COc1nc(-c2cccc(-c3cccc(NC(=O)c4nc5c(n4C)CCN(C)C5)c3Cl)c2Cl)ncc1CN1CC(CNC(C)=O)C1. The van der Waals surface area contributed by atoms with Gasteiger partial charge in [-0.1, -0.05) is 47.5 Å². The minimum absolute atomic E-state index is 0.0135. The normalized spacial score (nSPS) is 15.3. The molecular formula is C33H36Cl2N8O3. The Kier molecular flexibility index (Phi) is 9.28. The summed E-state index contributed by atoms with van der Waals surface area (Å²) in [5.74, 6) is 1.32. The second kappa shape index (κ2) is 13.4. The van der Waals surface area contributed by atoms with Gasteiger partial charge in [-0.05, 0) is 19.2 Å². The molecule has 4 heterocycles. The van der Waals surface area contributed by atoms with Crippen molar-refractivity contribution in [2.75, 3.05) is 45.7 Å². The lowest BCUT2D eigenvalue weighted by molar-refractivity contribution is -0.119. The first-order valence-electron chi connectivity index (χ1n) is 15.1. The largest absolute Gasteiger partial charge is 0.481 e. The zero-order valence-corrected chi connectivity index (χ0v) is 27.7. The number of nitrogens with zero attached hydrogens (tertiary/aromatic N) is 6. The molecule has 2 aliphatic rings. The predicted octanol–water partition coefficient (Wildman–Crippen LogP) is 4.67. The van der Waals surface area contributed by atoms with Gasteiger partial charge in [0.2, 0.25) is 11.8 Å². The molecule has 0 atom stereocenters. The van der Waals surface area contributed by atoms with Crippen molar-refractivity contribution in [3.8, 4) is 28.4 Å². The van der Waals surface area contributed by atoms with E-state index in [1.807, 2.05) is 49.0 Å². The van der Waals surface area contributed by atoms with E-state index in [1.165, 1.54) is 6.92 Å². The van der Waals surface area contributed by atoms with Crippen LogP contribution in [0.2, 0.25) is 10.0 Å². The van der Waals surface area contributed by atoms with E-state index in [0.717, 1.165) is 43.0 Å². The summed E-state index contributed by atoms with van der Waals surface area (Å²) in [5.41, 5.74) is 5.27. The number of likely N-dealkylation sites (N-methyl/N-ethyl adjacent to an activating group) is 1. The molecule has 2 aliphatic heterocycles. The number of hydrogen-bond donors (Lipinski definition) is 2. The van der Waals surface area contributed by atoms with Crippen LogP contribution in [0.1, 0.15) is 34.5 Å². The fourth-order valence-corrected chi connectivity index (χ4v) is 6.65. The summed E-state index contributed by atoms with van der Waals surface area (Å²) in [6, 6.07) is 11.0. The number of rotatable bonds is 9. The Morgan fingerprint density at radius 2 is 1.74 bits per heavy atom. The molecule has 2 aromatic heterocycles. The second-order valence-corrected chi connectivity index (χ2v) is 12.6. The molecule has 240 valence electrons. The molecule has 2 aromatic carbocycles. The summed E-state index contributed by atoms with van der Waals surface area (Å²) >= 11 is 13.9.